The molecule has 0 spiro atoms. The summed E-state index contributed by atoms with van der Waals surface area (Å²) < 4.78 is 5.39. The van der Waals surface area contributed by atoms with Crippen molar-refractivity contribution in [2.75, 3.05) is 0 Å². The number of carbonyl (C=O) groups is 1. The van der Waals surface area contributed by atoms with Crippen LogP contribution in [0.25, 0.3) is 0 Å². The Bertz CT molecular complexity index is 347. The molecule has 0 radical (unpaired) electrons. The van der Waals surface area contributed by atoms with Crippen molar-refractivity contribution in [2.24, 2.45) is 5.73 Å². The van der Waals surface area contributed by atoms with E-state index in [4.69, 9.17) is 10.5 Å². The number of hydrogen-bond donors (Lipinski definition) is 1. The first-order chi connectivity index (χ1) is 6.50. The molecule has 0 aliphatic rings. The number of rotatable bonds is 3. The van der Waals surface area contributed by atoms with Crippen LogP contribution in [0.4, 0.5) is 0 Å². The van der Waals surface area contributed by atoms with Gasteiger partial charge in [0.1, 0.15) is 5.75 Å². The van der Waals surface area contributed by atoms with Gasteiger partial charge < -0.3 is 10.5 Å². The summed E-state index contributed by atoms with van der Waals surface area (Å²) in [5.41, 5.74) is 7.28. The number of carbonyl (C=O) groups excluding carboxylic acids is 1. The van der Waals surface area contributed by atoms with Crippen molar-refractivity contribution < 1.29 is 9.53 Å². The van der Waals surface area contributed by atoms with Gasteiger partial charge in [0, 0.05) is 0 Å². The monoisotopic (exact) mass is 193 g/mol. The molecule has 1 amide bonds. The van der Waals surface area contributed by atoms with Crippen molar-refractivity contribution in [3.63, 3.8) is 0 Å². The highest BCUT2D eigenvalue weighted by atomic mass is 16.5. The van der Waals surface area contributed by atoms with Crippen LogP contribution in [0.15, 0.2) is 18.2 Å². The van der Waals surface area contributed by atoms with Crippen LogP contribution in [0.3, 0.4) is 0 Å². The van der Waals surface area contributed by atoms with Gasteiger partial charge in [0.25, 0.3) is 5.91 Å². The van der Waals surface area contributed by atoms with Crippen LogP contribution >= 0.6 is 0 Å². The second-order valence-corrected chi connectivity index (χ2v) is 3.43. The molecule has 76 valence electrons. The molecule has 1 atom stereocenters. The van der Waals surface area contributed by atoms with Crippen LogP contribution < -0.4 is 10.5 Å². The second kappa shape index (κ2) is 4.13. The highest BCUT2D eigenvalue weighted by Crippen LogP contribution is 2.19. The average molecular weight is 193 g/mol. The molecule has 3 heteroatoms. The van der Waals surface area contributed by atoms with E-state index >= 15 is 0 Å². The minimum atomic E-state index is -0.587. The van der Waals surface area contributed by atoms with Gasteiger partial charge in [-0.25, -0.2) is 0 Å². The van der Waals surface area contributed by atoms with Crippen molar-refractivity contribution in [3.05, 3.63) is 29.3 Å². The van der Waals surface area contributed by atoms with Gasteiger partial charge in [-0.1, -0.05) is 17.7 Å². The van der Waals surface area contributed by atoms with Crippen LogP contribution in [0.1, 0.15) is 18.1 Å². The predicted molar refractivity (Wildman–Crippen MR) is 55.2 cm³/mol. The third kappa shape index (κ3) is 2.49. The van der Waals surface area contributed by atoms with Gasteiger partial charge in [0.2, 0.25) is 0 Å². The fourth-order valence-electron chi connectivity index (χ4n) is 1.18. The van der Waals surface area contributed by atoms with E-state index in [1.165, 1.54) is 5.56 Å². The fraction of sp³-hybridized carbons (Fsp3) is 0.364. The van der Waals surface area contributed by atoms with Crippen LogP contribution in [0, 0.1) is 13.8 Å². The summed E-state index contributed by atoms with van der Waals surface area (Å²) in [5.74, 6) is 0.256. The summed E-state index contributed by atoms with van der Waals surface area (Å²) in [6, 6.07) is 5.79. The second-order valence-electron chi connectivity index (χ2n) is 3.43. The third-order valence-corrected chi connectivity index (χ3v) is 2.03. The van der Waals surface area contributed by atoms with Crippen molar-refractivity contribution in [3.8, 4) is 5.75 Å². The first-order valence-corrected chi connectivity index (χ1v) is 4.54. The topological polar surface area (TPSA) is 52.3 Å². The number of benzene rings is 1. The van der Waals surface area contributed by atoms with Crippen LogP contribution in [-0.4, -0.2) is 12.0 Å². The summed E-state index contributed by atoms with van der Waals surface area (Å²) in [7, 11) is 0. The first kappa shape index (κ1) is 10.6. The van der Waals surface area contributed by atoms with Gasteiger partial charge in [0.15, 0.2) is 6.10 Å². The Hall–Kier alpha value is -1.51. The van der Waals surface area contributed by atoms with E-state index in [1.807, 2.05) is 32.0 Å². The highest BCUT2D eigenvalue weighted by molar-refractivity contribution is 5.78. The van der Waals surface area contributed by atoms with Crippen molar-refractivity contribution in [2.45, 2.75) is 26.9 Å². The summed E-state index contributed by atoms with van der Waals surface area (Å²) in [6.07, 6.45) is -0.587. The van der Waals surface area contributed by atoms with Crippen molar-refractivity contribution in [1.82, 2.24) is 0 Å². The molecule has 0 unspecified atom stereocenters. The van der Waals surface area contributed by atoms with Gasteiger partial charge in [-0.3, -0.25) is 4.79 Å². The SMILES string of the molecule is Cc1ccc(O[C@H](C)C(N)=O)c(C)c1. The van der Waals surface area contributed by atoms with E-state index in [0.29, 0.717) is 5.75 Å². The Labute approximate surface area is 83.9 Å². The zero-order chi connectivity index (χ0) is 10.7. The molecular formula is C11H15NO2. The molecule has 0 bridgehead atoms. The lowest BCUT2D eigenvalue weighted by molar-refractivity contribution is -0.123. The summed E-state index contributed by atoms with van der Waals surface area (Å²) >= 11 is 0. The average Bonchev–Trinajstić information content (AvgIpc) is 2.09. The largest absolute Gasteiger partial charge is 0.481 e. The van der Waals surface area contributed by atoms with Gasteiger partial charge in [-0.05, 0) is 32.4 Å². The highest BCUT2D eigenvalue weighted by Gasteiger charge is 2.11. The maximum atomic E-state index is 10.8. The Morgan fingerprint density at radius 1 is 1.43 bits per heavy atom. The zero-order valence-corrected chi connectivity index (χ0v) is 8.70. The third-order valence-electron chi connectivity index (χ3n) is 2.03. The predicted octanol–water partition coefficient (Wildman–Crippen LogP) is 1.56. The minimum absolute atomic E-state index is 0.454. The van der Waals surface area contributed by atoms with Gasteiger partial charge in [-0.15, -0.1) is 0 Å². The van der Waals surface area contributed by atoms with E-state index in [9.17, 15) is 4.79 Å². The molecule has 14 heavy (non-hydrogen) atoms. The zero-order valence-electron chi connectivity index (χ0n) is 8.70. The van der Waals surface area contributed by atoms with E-state index in [-0.39, 0.29) is 0 Å². The fourth-order valence-corrected chi connectivity index (χ4v) is 1.18. The Balaban J connectivity index is 2.82. The molecule has 1 aromatic carbocycles. The summed E-state index contributed by atoms with van der Waals surface area (Å²) in [6.45, 7) is 5.59. The summed E-state index contributed by atoms with van der Waals surface area (Å²) in [5, 5.41) is 0. The smallest absolute Gasteiger partial charge is 0.258 e. The number of amides is 1. The molecule has 0 heterocycles. The molecule has 2 N–H and O–H groups in total. The van der Waals surface area contributed by atoms with Crippen molar-refractivity contribution >= 4 is 5.91 Å². The van der Waals surface area contributed by atoms with Crippen LogP contribution in [0.2, 0.25) is 0 Å². The number of primary amides is 1. The molecule has 0 aliphatic carbocycles. The number of aryl methyl sites for hydroxylation is 2. The molecule has 3 nitrogen and oxygen atoms in total. The van der Waals surface area contributed by atoms with E-state index in [1.54, 1.807) is 6.92 Å². The quantitative estimate of drug-likeness (QED) is 0.792. The Kier molecular flexibility index (Phi) is 3.12. The minimum Gasteiger partial charge on any atom is -0.481 e. The molecule has 0 saturated carbocycles. The Morgan fingerprint density at radius 3 is 2.57 bits per heavy atom. The molecule has 0 aromatic heterocycles. The van der Waals surface area contributed by atoms with Crippen LogP contribution in [-0.2, 0) is 4.79 Å². The van der Waals surface area contributed by atoms with Crippen molar-refractivity contribution in [1.29, 1.82) is 0 Å². The number of hydrogen-bond acceptors (Lipinski definition) is 2. The normalized spacial score (nSPS) is 12.2. The summed E-state index contributed by atoms with van der Waals surface area (Å²) in [4.78, 5) is 10.8. The van der Waals surface area contributed by atoms with Gasteiger partial charge >= 0.3 is 0 Å². The maximum absolute atomic E-state index is 10.8. The van der Waals surface area contributed by atoms with Crippen LogP contribution in [0.5, 0.6) is 5.75 Å². The Morgan fingerprint density at radius 2 is 2.07 bits per heavy atom. The van der Waals surface area contributed by atoms with Gasteiger partial charge in [-0.2, -0.15) is 0 Å². The van der Waals surface area contributed by atoms with E-state index in [2.05, 4.69) is 0 Å². The lowest BCUT2D eigenvalue weighted by Gasteiger charge is -2.13. The lowest BCUT2D eigenvalue weighted by atomic mass is 10.1. The lowest BCUT2D eigenvalue weighted by Crippen LogP contribution is -2.30. The molecule has 1 aromatic rings. The molecule has 0 fully saturated rings. The molecule has 1 rings (SSSR count). The maximum Gasteiger partial charge on any atom is 0.258 e. The number of nitrogens with two attached hydrogens (primary N) is 1. The number of ether oxygens (including phenoxy) is 1. The molecular weight excluding hydrogens is 178 g/mol. The molecule has 0 aliphatic heterocycles. The first-order valence-electron chi connectivity index (χ1n) is 4.54. The van der Waals surface area contributed by atoms with E-state index < -0.39 is 12.0 Å². The molecule has 0 saturated heterocycles. The standard InChI is InChI=1S/C11H15NO2/c1-7-4-5-10(8(2)6-7)14-9(3)11(12)13/h4-6,9H,1-3H3,(H2,12,13)/t9-/m1/s1. The van der Waals surface area contributed by atoms with Gasteiger partial charge in [0.05, 0.1) is 0 Å². The van der Waals surface area contributed by atoms with E-state index in [0.717, 1.165) is 5.56 Å².